The molecule has 0 aliphatic heterocycles. The maximum Gasteiger partial charge on any atom is 0.154 e. The fraction of sp³-hybridized carbons (Fsp3) is 0.0500. The first-order valence-corrected chi connectivity index (χ1v) is 7.68. The fourth-order valence-corrected chi connectivity index (χ4v) is 2.70. The molecular weight excluding hydrogens is 282 g/mol. The number of benzene rings is 2. The molecule has 2 aromatic heterocycles. The van der Waals surface area contributed by atoms with E-state index in [9.17, 15) is 0 Å². The lowest BCUT2D eigenvalue weighted by atomic mass is 10.0. The number of hydrogen-bond acceptors (Lipinski definition) is 1. The summed E-state index contributed by atoms with van der Waals surface area (Å²) in [6.07, 6.45) is 7.94. The minimum Gasteiger partial charge on any atom is -0.331 e. The molecule has 0 saturated carbocycles. The average Bonchev–Trinajstić information content (AvgIpc) is 3.28. The van der Waals surface area contributed by atoms with E-state index in [4.69, 9.17) is 0 Å². The van der Waals surface area contributed by atoms with E-state index in [0.29, 0.717) is 0 Å². The van der Waals surface area contributed by atoms with Crippen LogP contribution in [0.15, 0.2) is 91.6 Å². The monoisotopic (exact) mass is 299 g/mol. The number of rotatable bonds is 4. The second kappa shape index (κ2) is 5.97. The summed E-state index contributed by atoms with van der Waals surface area (Å²) < 4.78 is 4.11. The van der Waals surface area contributed by atoms with Crippen molar-refractivity contribution < 1.29 is 0 Å². The summed E-state index contributed by atoms with van der Waals surface area (Å²) in [5.41, 5.74) is 3.76. The third-order valence-electron chi connectivity index (χ3n) is 3.91. The van der Waals surface area contributed by atoms with E-state index >= 15 is 0 Å². The number of aromatic nitrogens is 3. The molecule has 0 radical (unpaired) electrons. The van der Waals surface area contributed by atoms with E-state index in [-0.39, 0.29) is 0 Å². The first-order valence-electron chi connectivity index (χ1n) is 7.68. The fourth-order valence-electron chi connectivity index (χ4n) is 2.70. The molecule has 0 saturated heterocycles. The van der Waals surface area contributed by atoms with Gasteiger partial charge in [-0.2, -0.15) is 0 Å². The second-order valence-electron chi connectivity index (χ2n) is 5.56. The zero-order valence-electron chi connectivity index (χ0n) is 12.7. The molecule has 2 aromatic carbocycles. The van der Waals surface area contributed by atoms with E-state index in [1.807, 2.05) is 41.5 Å². The minimum absolute atomic E-state index is 0.823. The summed E-state index contributed by atoms with van der Waals surface area (Å²) in [6, 6.07) is 23.2. The van der Waals surface area contributed by atoms with Gasteiger partial charge in [-0.3, -0.25) is 0 Å². The Bertz CT molecular complexity index is 872. The van der Waals surface area contributed by atoms with Crippen molar-refractivity contribution >= 4 is 0 Å². The second-order valence-corrected chi connectivity index (χ2v) is 5.56. The van der Waals surface area contributed by atoms with Gasteiger partial charge in [0.15, 0.2) is 5.82 Å². The van der Waals surface area contributed by atoms with Gasteiger partial charge in [-0.15, -0.1) is 0 Å². The van der Waals surface area contributed by atoms with E-state index in [1.165, 1.54) is 16.7 Å². The highest BCUT2D eigenvalue weighted by Crippen LogP contribution is 2.19. The molecule has 0 fully saturated rings. The average molecular weight is 299 g/mol. The smallest absolute Gasteiger partial charge is 0.154 e. The molecule has 0 bridgehead atoms. The first-order chi connectivity index (χ1) is 11.4. The quantitative estimate of drug-likeness (QED) is 0.548. The van der Waals surface area contributed by atoms with Gasteiger partial charge in [-0.1, -0.05) is 54.6 Å². The van der Waals surface area contributed by atoms with Crippen molar-refractivity contribution in [3.63, 3.8) is 0 Å². The Morgan fingerprint density at radius 2 is 1.43 bits per heavy atom. The lowest BCUT2D eigenvalue weighted by Crippen LogP contribution is -1.96. The molecule has 112 valence electrons. The van der Waals surface area contributed by atoms with Crippen LogP contribution in [-0.4, -0.2) is 14.1 Å². The Hall–Kier alpha value is -3.07. The predicted molar refractivity (Wildman–Crippen MR) is 92.5 cm³/mol. The van der Waals surface area contributed by atoms with Crippen LogP contribution < -0.4 is 0 Å². The van der Waals surface area contributed by atoms with E-state index in [2.05, 4.69) is 64.3 Å². The lowest BCUT2D eigenvalue weighted by Gasteiger charge is -2.05. The standard InChI is InChI=1S/C20H17N3/c1-2-6-18(7-3-1)19-10-8-17(9-11-19)14-22-15-20(21-16-22)23-12-4-5-13-23/h1-13,15-16H,14H2. The predicted octanol–water partition coefficient (Wildman–Crippen LogP) is 4.39. The number of imidazole rings is 1. The summed E-state index contributed by atoms with van der Waals surface area (Å²) in [4.78, 5) is 4.45. The molecule has 0 aliphatic rings. The summed E-state index contributed by atoms with van der Waals surface area (Å²) >= 11 is 0. The zero-order valence-corrected chi connectivity index (χ0v) is 12.7. The normalized spacial score (nSPS) is 10.8. The van der Waals surface area contributed by atoms with Crippen molar-refractivity contribution in [2.45, 2.75) is 6.54 Å². The van der Waals surface area contributed by atoms with Crippen molar-refractivity contribution in [3.8, 4) is 16.9 Å². The highest BCUT2D eigenvalue weighted by atomic mass is 15.1. The van der Waals surface area contributed by atoms with E-state index < -0.39 is 0 Å². The largest absolute Gasteiger partial charge is 0.331 e. The molecule has 0 unspecified atom stereocenters. The Morgan fingerprint density at radius 3 is 2.17 bits per heavy atom. The molecule has 23 heavy (non-hydrogen) atoms. The van der Waals surface area contributed by atoms with Gasteiger partial charge in [-0.25, -0.2) is 4.98 Å². The summed E-state index contributed by atoms with van der Waals surface area (Å²) in [6.45, 7) is 0.823. The molecule has 4 aromatic rings. The Balaban J connectivity index is 1.51. The highest BCUT2D eigenvalue weighted by molar-refractivity contribution is 5.63. The highest BCUT2D eigenvalue weighted by Gasteiger charge is 2.02. The van der Waals surface area contributed by atoms with Crippen molar-refractivity contribution in [2.24, 2.45) is 0 Å². The Labute approximate surface area is 135 Å². The van der Waals surface area contributed by atoms with Gasteiger partial charge in [0.05, 0.1) is 6.33 Å². The third-order valence-corrected chi connectivity index (χ3v) is 3.91. The maximum absolute atomic E-state index is 4.45. The van der Waals surface area contributed by atoms with Gasteiger partial charge in [0.25, 0.3) is 0 Å². The minimum atomic E-state index is 0.823. The van der Waals surface area contributed by atoms with E-state index in [0.717, 1.165) is 12.4 Å². The van der Waals surface area contributed by atoms with Gasteiger partial charge in [0.2, 0.25) is 0 Å². The molecule has 2 heterocycles. The van der Waals surface area contributed by atoms with Crippen LogP contribution in [0, 0.1) is 0 Å². The molecule has 3 nitrogen and oxygen atoms in total. The molecule has 4 rings (SSSR count). The van der Waals surface area contributed by atoms with Gasteiger partial charge in [-0.05, 0) is 28.8 Å². The number of nitrogens with zero attached hydrogens (tertiary/aromatic N) is 3. The van der Waals surface area contributed by atoms with Gasteiger partial charge in [0, 0.05) is 25.1 Å². The molecular formula is C20H17N3. The molecule has 0 aliphatic carbocycles. The Morgan fingerprint density at radius 1 is 0.739 bits per heavy atom. The maximum atomic E-state index is 4.45. The van der Waals surface area contributed by atoms with Crippen LogP contribution in [0.4, 0.5) is 0 Å². The Kier molecular flexibility index (Phi) is 3.53. The molecule has 0 N–H and O–H groups in total. The van der Waals surface area contributed by atoms with Gasteiger partial charge < -0.3 is 9.13 Å². The molecule has 0 atom stereocenters. The van der Waals surface area contributed by atoms with Gasteiger partial charge >= 0.3 is 0 Å². The SMILES string of the molecule is c1ccc(-c2ccc(Cn3cnc(-n4cccc4)c3)cc2)cc1. The van der Waals surface area contributed by atoms with Crippen LogP contribution in [0.5, 0.6) is 0 Å². The van der Waals surface area contributed by atoms with Crippen LogP contribution in [0.25, 0.3) is 16.9 Å². The van der Waals surface area contributed by atoms with Crippen LogP contribution in [-0.2, 0) is 6.54 Å². The van der Waals surface area contributed by atoms with Crippen LogP contribution in [0.3, 0.4) is 0 Å². The lowest BCUT2D eigenvalue weighted by molar-refractivity contribution is 0.796. The summed E-state index contributed by atoms with van der Waals surface area (Å²) in [5, 5.41) is 0. The van der Waals surface area contributed by atoms with E-state index in [1.54, 1.807) is 0 Å². The molecule has 3 heteroatoms. The van der Waals surface area contributed by atoms with Crippen LogP contribution >= 0.6 is 0 Å². The molecule has 0 spiro atoms. The van der Waals surface area contributed by atoms with Crippen molar-refractivity contribution in [2.75, 3.05) is 0 Å². The first kappa shape index (κ1) is 13.6. The summed E-state index contributed by atoms with van der Waals surface area (Å²) in [7, 11) is 0. The van der Waals surface area contributed by atoms with Crippen molar-refractivity contribution in [3.05, 3.63) is 97.2 Å². The van der Waals surface area contributed by atoms with Crippen molar-refractivity contribution in [1.82, 2.24) is 14.1 Å². The number of hydrogen-bond donors (Lipinski definition) is 0. The third kappa shape index (κ3) is 2.94. The molecule has 0 amide bonds. The van der Waals surface area contributed by atoms with Crippen LogP contribution in [0.1, 0.15) is 5.56 Å². The van der Waals surface area contributed by atoms with Crippen molar-refractivity contribution in [1.29, 1.82) is 0 Å². The van der Waals surface area contributed by atoms with Crippen LogP contribution in [0.2, 0.25) is 0 Å². The topological polar surface area (TPSA) is 22.8 Å². The summed E-state index contributed by atoms with van der Waals surface area (Å²) in [5.74, 6) is 0.941. The zero-order chi connectivity index (χ0) is 15.5. The van der Waals surface area contributed by atoms with Gasteiger partial charge in [0.1, 0.15) is 0 Å².